The molecule has 2 aromatic heterocycles. The van der Waals surface area contributed by atoms with Crippen LogP contribution in [0.3, 0.4) is 0 Å². The van der Waals surface area contributed by atoms with Crippen LogP contribution in [0.25, 0.3) is 22.2 Å². The molecule has 0 saturated heterocycles. The van der Waals surface area contributed by atoms with Gasteiger partial charge in [0.15, 0.2) is 0 Å². The molecule has 2 aromatic carbocycles. The van der Waals surface area contributed by atoms with Crippen molar-refractivity contribution in [3.8, 4) is 17.0 Å². The predicted molar refractivity (Wildman–Crippen MR) is 139 cm³/mol. The first-order valence-electron chi connectivity index (χ1n) is 12.1. The predicted octanol–water partition coefficient (Wildman–Crippen LogP) is 5.36. The molecule has 5 rings (SSSR count). The molecule has 0 saturated carbocycles. The Kier molecular flexibility index (Phi) is 6.16. The summed E-state index contributed by atoms with van der Waals surface area (Å²) in [7, 11) is 1.70. The number of nitrogens with one attached hydrogen (secondary N) is 2. The molecule has 0 fully saturated rings. The molecule has 3 heterocycles. The van der Waals surface area contributed by atoms with Crippen LogP contribution >= 0.6 is 0 Å². The second-order valence-corrected chi connectivity index (χ2v) is 9.50. The lowest BCUT2D eigenvalue weighted by Crippen LogP contribution is -2.20. The van der Waals surface area contributed by atoms with Gasteiger partial charge in [-0.2, -0.15) is 0 Å². The first-order valence-corrected chi connectivity index (χ1v) is 12.1. The van der Waals surface area contributed by atoms with Crippen molar-refractivity contribution in [2.24, 2.45) is 5.92 Å². The summed E-state index contributed by atoms with van der Waals surface area (Å²) in [6.07, 6.45) is 2.50. The number of rotatable bonds is 8. The maximum atomic E-state index is 12.4. The van der Waals surface area contributed by atoms with Gasteiger partial charge in [-0.15, -0.1) is 0 Å². The minimum absolute atomic E-state index is 0.00712. The van der Waals surface area contributed by atoms with E-state index in [-0.39, 0.29) is 11.9 Å². The van der Waals surface area contributed by atoms with E-state index in [1.807, 2.05) is 30.3 Å². The fourth-order valence-corrected chi connectivity index (χ4v) is 4.96. The first-order chi connectivity index (χ1) is 16.9. The number of fused-ring (bicyclic) bond motifs is 2. The third-order valence-electron chi connectivity index (χ3n) is 6.62. The van der Waals surface area contributed by atoms with E-state index in [1.165, 1.54) is 5.69 Å². The summed E-state index contributed by atoms with van der Waals surface area (Å²) in [4.78, 5) is 21.3. The average Bonchev–Trinajstić information content (AvgIpc) is 3.34. The van der Waals surface area contributed by atoms with E-state index in [2.05, 4.69) is 64.1 Å². The number of aromatic nitrogens is 3. The number of nitrogens with zero attached hydrogens (tertiary/aromatic N) is 3. The zero-order valence-electron chi connectivity index (χ0n) is 20.6. The van der Waals surface area contributed by atoms with Gasteiger partial charge in [-0.05, 0) is 55.2 Å². The molecule has 180 valence electrons. The molecule has 1 aliphatic heterocycles. The smallest absolute Gasteiger partial charge is 0.252 e. The van der Waals surface area contributed by atoms with Gasteiger partial charge < -0.3 is 19.9 Å². The van der Waals surface area contributed by atoms with Crippen molar-refractivity contribution in [3.63, 3.8) is 0 Å². The van der Waals surface area contributed by atoms with Crippen molar-refractivity contribution in [3.05, 3.63) is 71.7 Å². The van der Waals surface area contributed by atoms with Gasteiger partial charge in [0.05, 0.1) is 24.4 Å². The number of hydrogen-bond acceptors (Lipinski definition) is 5. The van der Waals surface area contributed by atoms with E-state index in [0.717, 1.165) is 64.4 Å². The minimum atomic E-state index is 0.00712. The van der Waals surface area contributed by atoms with E-state index in [9.17, 15) is 4.79 Å². The number of anilines is 1. The van der Waals surface area contributed by atoms with Crippen LogP contribution in [0.5, 0.6) is 5.75 Å². The second-order valence-electron chi connectivity index (χ2n) is 9.50. The third-order valence-corrected chi connectivity index (χ3v) is 6.62. The van der Waals surface area contributed by atoms with Gasteiger partial charge in [0, 0.05) is 41.4 Å². The standard InChI is InChI=1S/C28H31N5O2/c1-17(2)12-24-21-14-19(8-9-20(21)28(34)32-24)23-15-27(31-16-30-23)29-10-11-33-18(3)13-22-25(33)6-5-7-26(22)35-4/h5-9,13-17,24H,10-12H2,1-4H3,(H,32,34)(H,29,30,31). The quantitative estimate of drug-likeness (QED) is 0.363. The molecule has 7 heteroatoms. The number of benzene rings is 2. The summed E-state index contributed by atoms with van der Waals surface area (Å²) < 4.78 is 7.80. The molecule has 0 aliphatic carbocycles. The van der Waals surface area contributed by atoms with E-state index in [1.54, 1.807) is 13.4 Å². The van der Waals surface area contributed by atoms with Crippen molar-refractivity contribution >= 4 is 22.6 Å². The Bertz CT molecular complexity index is 1390. The van der Waals surface area contributed by atoms with Gasteiger partial charge in [0.25, 0.3) is 5.91 Å². The topological polar surface area (TPSA) is 81.1 Å². The highest BCUT2D eigenvalue weighted by atomic mass is 16.5. The summed E-state index contributed by atoms with van der Waals surface area (Å²) >= 11 is 0. The Hall–Kier alpha value is -3.87. The van der Waals surface area contributed by atoms with Crippen molar-refractivity contribution in [2.45, 2.75) is 39.8 Å². The van der Waals surface area contributed by atoms with Crippen LogP contribution in [0.4, 0.5) is 5.82 Å². The zero-order valence-corrected chi connectivity index (χ0v) is 20.6. The van der Waals surface area contributed by atoms with Gasteiger partial charge in [-0.3, -0.25) is 4.79 Å². The summed E-state index contributed by atoms with van der Waals surface area (Å²) in [5, 5.41) is 7.67. The molecule has 0 spiro atoms. The Morgan fingerprint density at radius 1 is 1.14 bits per heavy atom. The molecular weight excluding hydrogens is 438 g/mol. The highest BCUT2D eigenvalue weighted by Crippen LogP contribution is 2.33. The zero-order chi connectivity index (χ0) is 24.5. The number of methoxy groups -OCH3 is 1. The fourth-order valence-electron chi connectivity index (χ4n) is 4.96. The molecule has 7 nitrogen and oxygen atoms in total. The monoisotopic (exact) mass is 469 g/mol. The lowest BCUT2D eigenvalue weighted by molar-refractivity contribution is 0.0953. The van der Waals surface area contributed by atoms with Crippen molar-refractivity contribution in [1.29, 1.82) is 0 Å². The Labute approximate surface area is 205 Å². The molecule has 1 unspecified atom stereocenters. The van der Waals surface area contributed by atoms with E-state index >= 15 is 0 Å². The molecule has 4 aromatic rings. The number of carbonyl (C=O) groups excluding carboxylic acids is 1. The summed E-state index contributed by atoms with van der Waals surface area (Å²) in [6.45, 7) is 7.97. The number of hydrogen-bond donors (Lipinski definition) is 2. The minimum Gasteiger partial charge on any atom is -0.496 e. The van der Waals surface area contributed by atoms with Crippen molar-refractivity contribution in [2.75, 3.05) is 19.0 Å². The van der Waals surface area contributed by atoms with Crippen molar-refractivity contribution < 1.29 is 9.53 Å². The van der Waals surface area contributed by atoms with Crippen LogP contribution in [-0.2, 0) is 6.54 Å². The van der Waals surface area contributed by atoms with Gasteiger partial charge in [-0.25, -0.2) is 9.97 Å². The molecule has 35 heavy (non-hydrogen) atoms. The first kappa shape index (κ1) is 22.9. The third kappa shape index (κ3) is 4.46. The molecule has 1 amide bonds. The van der Waals surface area contributed by atoms with Crippen LogP contribution in [0.2, 0.25) is 0 Å². The molecular formula is C28H31N5O2. The van der Waals surface area contributed by atoms with Crippen molar-refractivity contribution in [1.82, 2.24) is 19.9 Å². The molecule has 1 atom stereocenters. The normalized spacial score (nSPS) is 14.9. The van der Waals surface area contributed by atoms with E-state index in [4.69, 9.17) is 4.74 Å². The molecule has 2 N–H and O–H groups in total. The van der Waals surface area contributed by atoms with Gasteiger partial charge >= 0.3 is 0 Å². The van der Waals surface area contributed by atoms with Gasteiger partial charge in [0.2, 0.25) is 0 Å². The van der Waals surface area contributed by atoms with E-state index in [0.29, 0.717) is 5.92 Å². The van der Waals surface area contributed by atoms with Gasteiger partial charge in [0.1, 0.15) is 17.9 Å². The molecule has 1 aliphatic rings. The lowest BCUT2D eigenvalue weighted by Gasteiger charge is -2.15. The number of aryl methyl sites for hydroxylation is 1. The van der Waals surface area contributed by atoms with Crippen LogP contribution in [0.15, 0.2) is 54.9 Å². The van der Waals surface area contributed by atoms with Crippen LogP contribution in [-0.4, -0.2) is 34.1 Å². The second kappa shape index (κ2) is 9.41. The lowest BCUT2D eigenvalue weighted by atomic mass is 9.94. The fraction of sp³-hybridized carbons (Fsp3) is 0.321. The summed E-state index contributed by atoms with van der Waals surface area (Å²) in [5.41, 5.74) is 5.98. The van der Waals surface area contributed by atoms with Crippen LogP contribution < -0.4 is 15.4 Å². The van der Waals surface area contributed by atoms with E-state index < -0.39 is 0 Å². The Balaban J connectivity index is 1.32. The highest BCUT2D eigenvalue weighted by molar-refractivity contribution is 5.99. The summed E-state index contributed by atoms with van der Waals surface area (Å²) in [6, 6.07) is 16.3. The maximum absolute atomic E-state index is 12.4. The molecule has 0 radical (unpaired) electrons. The van der Waals surface area contributed by atoms with Gasteiger partial charge in [-0.1, -0.05) is 26.0 Å². The van der Waals surface area contributed by atoms with Crippen LogP contribution in [0.1, 0.15) is 47.9 Å². The SMILES string of the molecule is COc1cccc2c1cc(C)n2CCNc1cc(-c2ccc3c(c2)C(CC(C)C)NC3=O)ncn1. The largest absolute Gasteiger partial charge is 0.496 e. The number of carbonyl (C=O) groups is 1. The number of ether oxygens (including phenoxy) is 1. The average molecular weight is 470 g/mol. The molecule has 0 bridgehead atoms. The Morgan fingerprint density at radius 2 is 2.00 bits per heavy atom. The maximum Gasteiger partial charge on any atom is 0.252 e. The summed E-state index contributed by atoms with van der Waals surface area (Å²) in [5.74, 6) is 2.16. The number of amides is 1. The highest BCUT2D eigenvalue weighted by Gasteiger charge is 2.29. The Morgan fingerprint density at radius 3 is 2.80 bits per heavy atom. The van der Waals surface area contributed by atoms with Crippen LogP contribution in [0, 0.1) is 12.8 Å².